The molecular formula is C27H30Ru+2. The molecule has 0 atom stereocenters. The monoisotopic (exact) mass is 456 g/mol. The minimum atomic E-state index is 0. The fourth-order valence-corrected chi connectivity index (χ4v) is 2.59. The van der Waals surface area contributed by atoms with Crippen molar-refractivity contribution in [3.05, 3.63) is 122 Å². The smallest absolute Gasteiger partial charge is 0.0622 e. The molecule has 2 aromatic carbocycles. The first-order chi connectivity index (χ1) is 12.9. The van der Waals surface area contributed by atoms with Gasteiger partial charge in [0.1, 0.15) is 0 Å². The summed E-state index contributed by atoms with van der Waals surface area (Å²) >= 11 is 0. The third-order valence-corrected chi connectivity index (χ3v) is 4.71. The Morgan fingerprint density at radius 1 is 0.536 bits per heavy atom. The average molecular weight is 456 g/mol. The minimum Gasteiger partial charge on any atom is -0.0622 e. The maximum absolute atomic E-state index is 3.25. The van der Waals surface area contributed by atoms with Crippen molar-refractivity contribution in [1.29, 1.82) is 0 Å². The molecule has 0 heterocycles. The molecule has 0 aromatic heterocycles. The van der Waals surface area contributed by atoms with Gasteiger partial charge < -0.3 is 0 Å². The molecule has 0 bridgehead atoms. The molecular weight excluding hydrogens is 425 g/mol. The van der Waals surface area contributed by atoms with Crippen LogP contribution in [-0.4, -0.2) is 0 Å². The average Bonchev–Trinajstić information content (AvgIpc) is 2.87. The summed E-state index contributed by atoms with van der Waals surface area (Å²) in [5.74, 6) is 13.6. The van der Waals surface area contributed by atoms with Gasteiger partial charge in [0, 0.05) is 11.1 Å². The van der Waals surface area contributed by atoms with Crippen LogP contribution < -0.4 is 0 Å². The van der Waals surface area contributed by atoms with Gasteiger partial charge in [-0.2, -0.15) is 0 Å². The zero-order valence-corrected chi connectivity index (χ0v) is 19.4. The normalized spacial score (nSPS) is 15.2. The molecule has 8 radical (unpaired) electrons. The zero-order valence-electron chi connectivity index (χ0n) is 17.6. The van der Waals surface area contributed by atoms with Gasteiger partial charge in [0.25, 0.3) is 0 Å². The molecule has 0 saturated heterocycles. The van der Waals surface area contributed by atoms with Gasteiger partial charge in [0.15, 0.2) is 0 Å². The molecule has 0 amide bonds. The molecule has 144 valence electrons. The second-order valence-corrected chi connectivity index (χ2v) is 6.40. The van der Waals surface area contributed by atoms with E-state index in [1.807, 2.05) is 60.7 Å². The summed E-state index contributed by atoms with van der Waals surface area (Å²) in [6.45, 7) is 17.5. The maximum Gasteiger partial charge on any atom is 2.00 e. The van der Waals surface area contributed by atoms with E-state index in [4.69, 9.17) is 0 Å². The van der Waals surface area contributed by atoms with E-state index >= 15 is 0 Å². The van der Waals surface area contributed by atoms with Crippen LogP contribution in [0.5, 0.6) is 0 Å². The van der Waals surface area contributed by atoms with Crippen LogP contribution in [0.2, 0.25) is 0 Å². The quantitative estimate of drug-likeness (QED) is 0.299. The first kappa shape index (κ1) is 26.6. The maximum atomic E-state index is 3.25. The third-order valence-electron chi connectivity index (χ3n) is 4.71. The molecule has 1 heteroatoms. The van der Waals surface area contributed by atoms with Crippen LogP contribution in [0.3, 0.4) is 0 Å². The first-order valence-corrected chi connectivity index (χ1v) is 9.14. The Morgan fingerprint density at radius 2 is 0.750 bits per heavy atom. The molecule has 0 aliphatic heterocycles. The van der Waals surface area contributed by atoms with Crippen molar-refractivity contribution < 1.29 is 19.5 Å². The van der Waals surface area contributed by atoms with Crippen molar-refractivity contribution in [2.45, 2.75) is 34.6 Å². The fraction of sp³-hybridized carbons (Fsp3) is 0.185. The van der Waals surface area contributed by atoms with E-state index in [0.29, 0.717) is 0 Å². The Balaban J connectivity index is 0.000000461. The van der Waals surface area contributed by atoms with Crippen molar-refractivity contribution in [3.8, 4) is 11.8 Å². The molecule has 28 heavy (non-hydrogen) atoms. The van der Waals surface area contributed by atoms with Crippen molar-refractivity contribution in [2.75, 3.05) is 0 Å². The molecule has 2 aromatic rings. The standard InChI is InChI=1S/C14H10.C10H15.C3H5.Ru/c1-3-7-13(8-4-1)11-12-14-9-5-2-6-10-14;1-6-7(2)9(4)10(5)8(6)3;1-3-2;/h1-10H;1-5H3;3H,1-2H2;/q;;;+2. The summed E-state index contributed by atoms with van der Waals surface area (Å²) in [6, 6.07) is 20.0. The van der Waals surface area contributed by atoms with Gasteiger partial charge in [0.05, 0.1) is 0 Å². The second kappa shape index (κ2) is 14.6. The Hall–Kier alpha value is -1.38. The predicted molar refractivity (Wildman–Crippen MR) is 118 cm³/mol. The summed E-state index contributed by atoms with van der Waals surface area (Å²) in [7, 11) is 0. The number of hydrogen-bond donors (Lipinski definition) is 0. The summed E-state index contributed by atoms with van der Waals surface area (Å²) in [5.41, 5.74) is 2.10. The van der Waals surface area contributed by atoms with Gasteiger partial charge in [0.2, 0.25) is 0 Å². The van der Waals surface area contributed by atoms with E-state index in [0.717, 1.165) is 11.1 Å². The summed E-state index contributed by atoms with van der Waals surface area (Å²) in [4.78, 5) is 0. The van der Waals surface area contributed by atoms with Crippen molar-refractivity contribution >= 4 is 0 Å². The van der Waals surface area contributed by atoms with E-state index in [1.165, 1.54) is 36.0 Å². The van der Waals surface area contributed by atoms with Crippen LogP contribution in [0.15, 0.2) is 60.7 Å². The van der Waals surface area contributed by atoms with Crippen LogP contribution in [0, 0.1) is 61.7 Å². The van der Waals surface area contributed by atoms with Crippen LogP contribution >= 0.6 is 0 Å². The molecule has 1 aliphatic rings. The molecule has 0 nitrogen and oxygen atoms in total. The second-order valence-electron chi connectivity index (χ2n) is 6.40. The minimum absolute atomic E-state index is 0. The largest absolute Gasteiger partial charge is 2.00 e. The zero-order chi connectivity index (χ0) is 20.2. The predicted octanol–water partition coefficient (Wildman–Crippen LogP) is 6.91. The van der Waals surface area contributed by atoms with Gasteiger partial charge in [-0.1, -0.05) is 82.9 Å². The Labute approximate surface area is 187 Å². The first-order valence-electron chi connectivity index (χ1n) is 9.14. The Bertz CT molecular complexity index is 592. The molecule has 3 rings (SSSR count). The third kappa shape index (κ3) is 8.75. The SMILES string of the molecule is C(#Cc1ccccc1)c1ccccc1.C[C]1[C](C)[C](C)[C](C)[C]1C.[CH2][CH][CH2].[Ru+2]. The van der Waals surface area contributed by atoms with Gasteiger partial charge in [-0.3, -0.25) is 0 Å². The van der Waals surface area contributed by atoms with E-state index in [1.54, 1.807) is 0 Å². The number of hydrogen-bond acceptors (Lipinski definition) is 0. The van der Waals surface area contributed by atoms with Crippen molar-refractivity contribution in [2.24, 2.45) is 0 Å². The van der Waals surface area contributed by atoms with Gasteiger partial charge in [-0.15, -0.1) is 0 Å². The summed E-state index contributed by atoms with van der Waals surface area (Å²) in [5, 5.41) is 0. The van der Waals surface area contributed by atoms with E-state index < -0.39 is 0 Å². The number of rotatable bonds is 0. The van der Waals surface area contributed by atoms with E-state index in [-0.39, 0.29) is 19.5 Å². The summed E-state index contributed by atoms with van der Waals surface area (Å²) < 4.78 is 0. The van der Waals surface area contributed by atoms with Gasteiger partial charge in [-0.25, -0.2) is 0 Å². The Morgan fingerprint density at radius 3 is 0.964 bits per heavy atom. The van der Waals surface area contributed by atoms with E-state index in [9.17, 15) is 0 Å². The molecule has 0 spiro atoms. The molecule has 1 fully saturated rings. The van der Waals surface area contributed by atoms with Gasteiger partial charge >= 0.3 is 19.5 Å². The molecule has 0 unspecified atom stereocenters. The van der Waals surface area contributed by atoms with Crippen molar-refractivity contribution in [1.82, 2.24) is 0 Å². The summed E-state index contributed by atoms with van der Waals surface area (Å²) in [6.07, 6.45) is 1.50. The fourth-order valence-electron chi connectivity index (χ4n) is 2.59. The van der Waals surface area contributed by atoms with Crippen molar-refractivity contribution in [3.63, 3.8) is 0 Å². The Kier molecular flexibility index (Phi) is 13.9. The van der Waals surface area contributed by atoms with Crippen LogP contribution in [0.25, 0.3) is 0 Å². The number of benzene rings is 2. The van der Waals surface area contributed by atoms with Crippen LogP contribution in [0.1, 0.15) is 45.7 Å². The van der Waals surface area contributed by atoms with Crippen LogP contribution in [0.4, 0.5) is 0 Å². The van der Waals surface area contributed by atoms with Crippen LogP contribution in [-0.2, 0) is 19.5 Å². The molecule has 0 N–H and O–H groups in total. The van der Waals surface area contributed by atoms with E-state index in [2.05, 4.69) is 60.3 Å². The van der Waals surface area contributed by atoms with Gasteiger partial charge in [-0.05, 0) is 74.1 Å². The topological polar surface area (TPSA) is 0 Å². The molecule has 1 saturated carbocycles. The molecule has 1 aliphatic carbocycles.